The van der Waals surface area contributed by atoms with Gasteiger partial charge in [0.2, 0.25) is 0 Å². The first-order valence-electron chi connectivity index (χ1n) is 4.89. The van der Waals surface area contributed by atoms with Crippen molar-refractivity contribution < 1.29 is 18.3 Å². The van der Waals surface area contributed by atoms with Gasteiger partial charge in [0.1, 0.15) is 10.6 Å². The zero-order valence-corrected chi connectivity index (χ0v) is 10.4. The second kappa shape index (κ2) is 4.84. The number of hydrogen-bond acceptors (Lipinski definition) is 4. The van der Waals surface area contributed by atoms with Gasteiger partial charge >= 0.3 is 0 Å². The van der Waals surface area contributed by atoms with Crippen LogP contribution in [0.5, 0.6) is 5.75 Å². The molecule has 90 valence electrons. The van der Waals surface area contributed by atoms with E-state index in [0.29, 0.717) is 12.2 Å². The van der Waals surface area contributed by atoms with E-state index in [1.54, 1.807) is 19.1 Å². The van der Waals surface area contributed by atoms with Crippen LogP contribution in [0.15, 0.2) is 23.1 Å². The molecule has 4 nitrogen and oxygen atoms in total. The lowest BCUT2D eigenvalue weighted by molar-refractivity contribution is 0.195. The molecule has 0 heterocycles. The number of sulfone groups is 1. The number of aliphatic hydroxyl groups excluding tert-OH is 1. The van der Waals surface area contributed by atoms with E-state index in [2.05, 4.69) is 0 Å². The Morgan fingerprint density at radius 1 is 1.44 bits per heavy atom. The van der Waals surface area contributed by atoms with Crippen LogP contribution in [0.3, 0.4) is 0 Å². The van der Waals surface area contributed by atoms with Crippen molar-refractivity contribution in [1.82, 2.24) is 0 Å². The third kappa shape index (κ3) is 3.21. The first-order valence-corrected chi connectivity index (χ1v) is 6.78. The predicted octanol–water partition coefficient (Wildman–Crippen LogP) is 1.02. The molecule has 1 N–H and O–H groups in total. The lowest BCUT2D eigenvalue weighted by atomic mass is 10.1. The van der Waals surface area contributed by atoms with Crippen molar-refractivity contribution in [2.45, 2.75) is 24.3 Å². The smallest absolute Gasteiger partial charge is 0.179 e. The van der Waals surface area contributed by atoms with Crippen LogP contribution in [0, 0.1) is 0 Å². The largest absolute Gasteiger partial charge is 0.495 e. The number of rotatable bonds is 4. The minimum Gasteiger partial charge on any atom is -0.495 e. The monoisotopic (exact) mass is 244 g/mol. The van der Waals surface area contributed by atoms with Gasteiger partial charge in [0.25, 0.3) is 0 Å². The molecule has 0 aliphatic carbocycles. The van der Waals surface area contributed by atoms with Crippen molar-refractivity contribution in [1.29, 1.82) is 0 Å². The maximum absolute atomic E-state index is 11.4. The summed E-state index contributed by atoms with van der Waals surface area (Å²) in [6, 6.07) is 4.83. The summed E-state index contributed by atoms with van der Waals surface area (Å²) in [6.45, 7) is 1.68. The van der Waals surface area contributed by atoms with Crippen LogP contribution in [0.2, 0.25) is 0 Å². The zero-order valence-electron chi connectivity index (χ0n) is 9.60. The Balaban J connectivity index is 3.17. The van der Waals surface area contributed by atoms with E-state index in [1.165, 1.54) is 13.2 Å². The molecule has 1 rings (SSSR count). The van der Waals surface area contributed by atoms with Crippen LogP contribution < -0.4 is 4.74 Å². The van der Waals surface area contributed by atoms with Crippen LogP contribution in [-0.4, -0.2) is 33.0 Å². The number of hydrogen-bond donors (Lipinski definition) is 1. The topological polar surface area (TPSA) is 63.6 Å². The van der Waals surface area contributed by atoms with Gasteiger partial charge in [-0.05, 0) is 31.0 Å². The molecule has 1 aromatic rings. The average molecular weight is 244 g/mol. The van der Waals surface area contributed by atoms with Crippen molar-refractivity contribution in [3.63, 3.8) is 0 Å². The van der Waals surface area contributed by atoms with Gasteiger partial charge in [-0.25, -0.2) is 8.42 Å². The molecule has 0 saturated carbocycles. The summed E-state index contributed by atoms with van der Waals surface area (Å²) in [5, 5.41) is 9.24. The third-order valence-corrected chi connectivity index (χ3v) is 3.29. The second-order valence-electron chi connectivity index (χ2n) is 3.81. The Bertz CT molecular complexity index is 463. The van der Waals surface area contributed by atoms with E-state index >= 15 is 0 Å². The van der Waals surface area contributed by atoms with Gasteiger partial charge in [0.15, 0.2) is 9.84 Å². The van der Waals surface area contributed by atoms with Crippen molar-refractivity contribution in [2.24, 2.45) is 0 Å². The zero-order chi connectivity index (χ0) is 12.3. The predicted molar refractivity (Wildman–Crippen MR) is 61.5 cm³/mol. The van der Waals surface area contributed by atoms with Gasteiger partial charge in [-0.3, -0.25) is 0 Å². The minimum absolute atomic E-state index is 0.171. The molecule has 0 bridgehead atoms. The normalized spacial score (nSPS) is 13.5. The number of ether oxygens (including phenoxy) is 1. The molecule has 0 saturated heterocycles. The Kier molecular flexibility index (Phi) is 3.93. The van der Waals surface area contributed by atoms with Gasteiger partial charge in [0.05, 0.1) is 13.2 Å². The van der Waals surface area contributed by atoms with Gasteiger partial charge < -0.3 is 9.84 Å². The van der Waals surface area contributed by atoms with E-state index < -0.39 is 15.9 Å². The minimum atomic E-state index is -3.28. The van der Waals surface area contributed by atoms with Crippen LogP contribution in [0.4, 0.5) is 0 Å². The number of methoxy groups -OCH3 is 1. The maximum atomic E-state index is 11.4. The Morgan fingerprint density at radius 3 is 2.50 bits per heavy atom. The molecular formula is C11H16O4S. The van der Waals surface area contributed by atoms with Gasteiger partial charge in [-0.15, -0.1) is 0 Å². The van der Waals surface area contributed by atoms with Crippen molar-refractivity contribution in [2.75, 3.05) is 13.4 Å². The van der Waals surface area contributed by atoms with Crippen molar-refractivity contribution in [3.8, 4) is 5.75 Å². The van der Waals surface area contributed by atoms with Crippen molar-refractivity contribution in [3.05, 3.63) is 23.8 Å². The molecule has 0 radical (unpaired) electrons. The second-order valence-corrected chi connectivity index (χ2v) is 5.79. The molecule has 5 heteroatoms. The van der Waals surface area contributed by atoms with Gasteiger partial charge in [-0.2, -0.15) is 0 Å². The SMILES string of the molecule is COc1cc(CC(C)O)ccc1S(C)(=O)=O. The summed E-state index contributed by atoms with van der Waals surface area (Å²) in [6.07, 6.45) is 1.15. The quantitative estimate of drug-likeness (QED) is 0.859. The van der Waals surface area contributed by atoms with Crippen LogP contribution in [0.25, 0.3) is 0 Å². The molecule has 0 fully saturated rings. The van der Waals surface area contributed by atoms with Gasteiger partial charge in [0, 0.05) is 6.26 Å². The summed E-state index contributed by atoms with van der Waals surface area (Å²) in [5.74, 6) is 0.320. The van der Waals surface area contributed by atoms with E-state index in [4.69, 9.17) is 4.74 Å². The highest BCUT2D eigenvalue weighted by atomic mass is 32.2. The molecule has 0 spiro atoms. The van der Waals surface area contributed by atoms with Crippen molar-refractivity contribution >= 4 is 9.84 Å². The fourth-order valence-corrected chi connectivity index (χ4v) is 2.31. The summed E-state index contributed by atoms with van der Waals surface area (Å²) < 4.78 is 27.9. The lowest BCUT2D eigenvalue weighted by Gasteiger charge is -2.10. The first-order chi connectivity index (χ1) is 7.34. The molecule has 16 heavy (non-hydrogen) atoms. The highest BCUT2D eigenvalue weighted by Crippen LogP contribution is 2.25. The molecule has 1 aromatic carbocycles. The van der Waals surface area contributed by atoms with Crippen LogP contribution >= 0.6 is 0 Å². The van der Waals surface area contributed by atoms with E-state index in [9.17, 15) is 13.5 Å². The van der Waals surface area contributed by atoms with E-state index in [-0.39, 0.29) is 4.90 Å². The third-order valence-electron chi connectivity index (χ3n) is 2.16. The lowest BCUT2D eigenvalue weighted by Crippen LogP contribution is -2.06. The highest BCUT2D eigenvalue weighted by molar-refractivity contribution is 7.90. The van der Waals surface area contributed by atoms with E-state index in [0.717, 1.165) is 11.8 Å². The van der Waals surface area contributed by atoms with Crippen LogP contribution in [-0.2, 0) is 16.3 Å². The molecule has 0 amide bonds. The Labute approximate surface area is 95.8 Å². The standard InChI is InChI=1S/C11H16O4S/c1-8(12)6-9-4-5-11(16(3,13)14)10(7-9)15-2/h4-5,7-8,12H,6H2,1-3H3. The average Bonchev–Trinajstić information content (AvgIpc) is 2.14. The molecule has 0 aliphatic heterocycles. The molecule has 1 atom stereocenters. The number of benzene rings is 1. The molecule has 1 unspecified atom stereocenters. The summed E-state index contributed by atoms with van der Waals surface area (Å²) >= 11 is 0. The number of aliphatic hydroxyl groups is 1. The molecular weight excluding hydrogens is 228 g/mol. The van der Waals surface area contributed by atoms with Crippen LogP contribution in [0.1, 0.15) is 12.5 Å². The molecule has 0 aliphatic rings. The first kappa shape index (κ1) is 13.0. The van der Waals surface area contributed by atoms with E-state index in [1.807, 2.05) is 0 Å². The van der Waals surface area contributed by atoms with Gasteiger partial charge in [-0.1, -0.05) is 6.07 Å². The fraction of sp³-hybridized carbons (Fsp3) is 0.455. The Hall–Kier alpha value is -1.07. The Morgan fingerprint density at radius 2 is 2.06 bits per heavy atom. The highest BCUT2D eigenvalue weighted by Gasteiger charge is 2.14. The maximum Gasteiger partial charge on any atom is 0.179 e. The molecule has 0 aromatic heterocycles. The summed E-state index contributed by atoms with van der Waals surface area (Å²) in [7, 11) is -1.85. The fourth-order valence-electron chi connectivity index (χ4n) is 1.49. The summed E-state index contributed by atoms with van der Waals surface area (Å²) in [5.41, 5.74) is 0.847. The summed E-state index contributed by atoms with van der Waals surface area (Å²) in [4.78, 5) is 0.171.